The lowest BCUT2D eigenvalue weighted by Gasteiger charge is -2.32. The molecule has 0 amide bonds. The molecule has 4 aromatic carbocycles. The van der Waals surface area contributed by atoms with Crippen LogP contribution in [-0.4, -0.2) is 37.0 Å². The summed E-state index contributed by atoms with van der Waals surface area (Å²) in [6, 6.07) is 35.6. The highest BCUT2D eigenvalue weighted by Crippen LogP contribution is 2.49. The van der Waals surface area contributed by atoms with Crippen molar-refractivity contribution in [2.24, 2.45) is 0 Å². The Hall–Kier alpha value is -6.34. The van der Waals surface area contributed by atoms with Crippen molar-refractivity contribution in [1.29, 1.82) is 0 Å². The van der Waals surface area contributed by atoms with Crippen LogP contribution in [0.25, 0.3) is 72.8 Å². The highest BCUT2D eigenvalue weighted by atomic mass is 15.2. The van der Waals surface area contributed by atoms with E-state index in [1.165, 1.54) is 22.3 Å². The highest BCUT2D eigenvalue weighted by Gasteiger charge is 2.35. The normalized spacial score (nSPS) is 15.7. The average molecular weight is 646 g/mol. The summed E-state index contributed by atoms with van der Waals surface area (Å²) >= 11 is 0. The molecule has 5 heterocycles. The van der Waals surface area contributed by atoms with Gasteiger partial charge in [0, 0.05) is 46.6 Å². The van der Waals surface area contributed by atoms with Crippen molar-refractivity contribution in [2.75, 3.05) is 11.9 Å². The number of benzene rings is 4. The van der Waals surface area contributed by atoms with Crippen molar-refractivity contribution in [3.63, 3.8) is 0 Å². The molecule has 0 fully saturated rings. The zero-order valence-electron chi connectivity index (χ0n) is 27.8. The smallest absolute Gasteiger partial charge is 0.182 e. The van der Waals surface area contributed by atoms with E-state index in [-0.39, 0.29) is 11.5 Å². The Bertz CT molecular complexity index is 2730. The van der Waals surface area contributed by atoms with Crippen LogP contribution in [0.3, 0.4) is 0 Å². The first-order chi connectivity index (χ1) is 24.4. The zero-order valence-corrected chi connectivity index (χ0v) is 27.8. The summed E-state index contributed by atoms with van der Waals surface area (Å²) in [5.41, 5.74) is 11.4. The van der Waals surface area contributed by atoms with Crippen molar-refractivity contribution < 1.29 is 0 Å². The molecule has 7 nitrogen and oxygen atoms in total. The first-order valence-corrected chi connectivity index (χ1v) is 16.9. The minimum atomic E-state index is -0.256. The minimum absolute atomic E-state index is 0.154. The Balaban J connectivity index is 1.17. The van der Waals surface area contributed by atoms with Gasteiger partial charge in [-0.1, -0.05) is 105 Å². The summed E-state index contributed by atoms with van der Waals surface area (Å²) in [6.07, 6.45) is 7.97. The maximum absolute atomic E-state index is 5.22. The molecule has 1 aliphatic heterocycles. The number of anilines is 1. The van der Waals surface area contributed by atoms with E-state index in [4.69, 9.17) is 24.9 Å². The van der Waals surface area contributed by atoms with Gasteiger partial charge in [0.05, 0.1) is 22.2 Å². The lowest BCUT2D eigenvalue weighted by molar-refractivity contribution is 0.660. The van der Waals surface area contributed by atoms with Crippen LogP contribution in [-0.2, 0) is 5.41 Å². The fraction of sp³-hybridized carbons (Fsp3) is 0.116. The van der Waals surface area contributed by atoms with Crippen LogP contribution in [0.1, 0.15) is 42.4 Å². The molecule has 4 aromatic heterocycles. The lowest BCUT2D eigenvalue weighted by atomic mass is 9.82. The van der Waals surface area contributed by atoms with Crippen LogP contribution in [0.5, 0.6) is 0 Å². The van der Waals surface area contributed by atoms with Gasteiger partial charge in [0.2, 0.25) is 0 Å². The summed E-state index contributed by atoms with van der Waals surface area (Å²) in [4.78, 5) is 32.3. The van der Waals surface area contributed by atoms with Gasteiger partial charge in [0.1, 0.15) is 11.7 Å². The molecule has 10 rings (SSSR count). The number of hydrogen-bond donors (Lipinski definition) is 0. The second-order valence-corrected chi connectivity index (χ2v) is 13.7. The van der Waals surface area contributed by atoms with Crippen LogP contribution in [0.4, 0.5) is 5.69 Å². The van der Waals surface area contributed by atoms with E-state index >= 15 is 0 Å². The third-order valence-corrected chi connectivity index (χ3v) is 10.4. The topological polar surface area (TPSA) is 80.6 Å². The van der Waals surface area contributed by atoms with Gasteiger partial charge < -0.3 is 4.90 Å². The molecular formula is C43H31N7. The Morgan fingerprint density at radius 1 is 0.600 bits per heavy atom. The molecule has 238 valence electrons. The molecule has 1 atom stereocenters. The summed E-state index contributed by atoms with van der Waals surface area (Å²) < 4.78 is 0. The van der Waals surface area contributed by atoms with Crippen LogP contribution in [0, 0.1) is 0 Å². The lowest BCUT2D eigenvalue weighted by Crippen LogP contribution is -2.28. The number of rotatable bonds is 3. The predicted octanol–water partition coefficient (Wildman–Crippen LogP) is 9.36. The molecule has 0 spiro atoms. The second-order valence-electron chi connectivity index (χ2n) is 13.7. The molecule has 8 aromatic rings. The Morgan fingerprint density at radius 3 is 2.16 bits per heavy atom. The van der Waals surface area contributed by atoms with Crippen molar-refractivity contribution >= 4 is 44.5 Å². The number of likely N-dealkylation sites (N-methyl/N-ethyl adjacent to an activating group) is 1. The molecule has 2 aliphatic rings. The molecule has 0 bridgehead atoms. The zero-order chi connectivity index (χ0) is 33.6. The van der Waals surface area contributed by atoms with Crippen molar-refractivity contribution in [3.05, 3.63) is 144 Å². The van der Waals surface area contributed by atoms with Gasteiger partial charge in [0.25, 0.3) is 0 Å². The van der Waals surface area contributed by atoms with E-state index in [0.717, 1.165) is 49.5 Å². The molecule has 50 heavy (non-hydrogen) atoms. The number of fused-ring (bicyclic) bond motifs is 9. The first kappa shape index (κ1) is 28.7. The SMILES string of the molecule is CN1c2c(ccc3cccnc23)C=CC1c1nc(-c2ccc3c(c2)C(C)(C)c2ccccc2-3)nc(-c2ccc3ccc4cccnc4c3n2)n1. The molecule has 1 unspecified atom stereocenters. The van der Waals surface area contributed by atoms with Gasteiger partial charge >= 0.3 is 0 Å². The summed E-state index contributed by atoms with van der Waals surface area (Å²) in [6.45, 7) is 4.58. The predicted molar refractivity (Wildman–Crippen MR) is 201 cm³/mol. The summed E-state index contributed by atoms with van der Waals surface area (Å²) in [5.74, 6) is 1.77. The number of hydrogen-bond acceptors (Lipinski definition) is 7. The Labute approximate surface area is 289 Å². The summed E-state index contributed by atoms with van der Waals surface area (Å²) in [5, 5.41) is 3.14. The molecule has 0 saturated heterocycles. The molecule has 0 N–H and O–H groups in total. The third kappa shape index (κ3) is 4.23. The van der Waals surface area contributed by atoms with Gasteiger partial charge in [-0.2, -0.15) is 0 Å². The third-order valence-electron chi connectivity index (χ3n) is 10.4. The van der Waals surface area contributed by atoms with Crippen LogP contribution >= 0.6 is 0 Å². The molecule has 0 radical (unpaired) electrons. The minimum Gasteiger partial charge on any atom is -0.359 e. The highest BCUT2D eigenvalue weighted by molar-refractivity contribution is 6.03. The largest absolute Gasteiger partial charge is 0.359 e. The van der Waals surface area contributed by atoms with Gasteiger partial charge in [-0.3, -0.25) is 9.97 Å². The van der Waals surface area contributed by atoms with E-state index in [2.05, 4.69) is 128 Å². The van der Waals surface area contributed by atoms with E-state index in [1.54, 1.807) is 0 Å². The van der Waals surface area contributed by atoms with E-state index in [0.29, 0.717) is 23.2 Å². The van der Waals surface area contributed by atoms with Crippen molar-refractivity contribution in [3.8, 4) is 34.0 Å². The molecule has 1 aliphatic carbocycles. The summed E-state index contributed by atoms with van der Waals surface area (Å²) in [7, 11) is 2.09. The molecular weight excluding hydrogens is 615 g/mol. The fourth-order valence-corrected chi connectivity index (χ4v) is 7.83. The van der Waals surface area contributed by atoms with Crippen LogP contribution in [0.15, 0.2) is 122 Å². The van der Waals surface area contributed by atoms with Gasteiger partial charge in [0.15, 0.2) is 17.5 Å². The number of nitrogens with zero attached hydrogens (tertiary/aromatic N) is 7. The number of aromatic nitrogens is 6. The Morgan fingerprint density at radius 2 is 1.30 bits per heavy atom. The standard InChI is InChI=1S/C43H31N7/c1-43(2)32-11-5-4-10-30(32)31-19-16-29(24-33(31)43)40-47-41(34-20-17-27-13-12-25-8-6-22-44-36(25)37(27)46-34)49-42(48-40)35-21-18-28-15-14-26-9-7-23-45-38(26)39(28)50(35)3/h4-24,35H,1-3H3. The van der Waals surface area contributed by atoms with Crippen LogP contribution < -0.4 is 4.90 Å². The van der Waals surface area contributed by atoms with Crippen LogP contribution in [0.2, 0.25) is 0 Å². The maximum atomic E-state index is 5.22. The Kier molecular flexibility index (Phi) is 6.06. The second kappa shape index (κ2) is 10.6. The van der Waals surface area contributed by atoms with Gasteiger partial charge in [-0.05, 0) is 52.1 Å². The number of pyridine rings is 3. The van der Waals surface area contributed by atoms with Crippen molar-refractivity contribution in [1.82, 2.24) is 29.9 Å². The van der Waals surface area contributed by atoms with E-state index in [9.17, 15) is 0 Å². The quantitative estimate of drug-likeness (QED) is 0.177. The van der Waals surface area contributed by atoms with E-state index in [1.807, 2.05) is 30.6 Å². The first-order valence-electron chi connectivity index (χ1n) is 16.9. The monoisotopic (exact) mass is 645 g/mol. The maximum Gasteiger partial charge on any atom is 0.182 e. The molecule has 0 saturated carbocycles. The molecule has 7 heteroatoms. The van der Waals surface area contributed by atoms with Gasteiger partial charge in [-0.15, -0.1) is 0 Å². The average Bonchev–Trinajstić information content (AvgIpc) is 3.39. The van der Waals surface area contributed by atoms with Crippen molar-refractivity contribution in [2.45, 2.75) is 25.3 Å². The fourth-order valence-electron chi connectivity index (χ4n) is 7.83. The van der Waals surface area contributed by atoms with Gasteiger partial charge in [-0.25, -0.2) is 19.9 Å². The van der Waals surface area contributed by atoms with E-state index < -0.39 is 0 Å².